The number of anilines is 1. The minimum absolute atomic E-state index is 0.175. The van der Waals surface area contributed by atoms with Gasteiger partial charge in [-0.25, -0.2) is 0 Å². The summed E-state index contributed by atoms with van der Waals surface area (Å²) in [6, 6.07) is 6.05. The molecule has 0 aliphatic heterocycles. The second-order valence-electron chi connectivity index (χ2n) is 3.72. The Balaban J connectivity index is 2.11. The summed E-state index contributed by atoms with van der Waals surface area (Å²) in [6.07, 6.45) is 2.10. The molecular weight excluding hydrogens is 289 g/mol. The molecule has 1 aliphatic carbocycles. The van der Waals surface area contributed by atoms with E-state index >= 15 is 0 Å². The van der Waals surface area contributed by atoms with E-state index in [2.05, 4.69) is 34.0 Å². The molecule has 0 unspecified atom stereocenters. The Bertz CT molecular complexity index is 372. The van der Waals surface area contributed by atoms with E-state index in [0.29, 0.717) is 0 Å². The molecule has 0 bridgehead atoms. The van der Waals surface area contributed by atoms with Gasteiger partial charge in [0.1, 0.15) is 0 Å². The van der Waals surface area contributed by atoms with Gasteiger partial charge in [0.15, 0.2) is 0 Å². The lowest BCUT2D eigenvalue weighted by Gasteiger charge is -2.07. The van der Waals surface area contributed by atoms with Crippen LogP contribution in [-0.4, -0.2) is 5.91 Å². The molecule has 3 heteroatoms. The second kappa shape index (κ2) is 3.88. The quantitative estimate of drug-likeness (QED) is 0.836. The monoisotopic (exact) mass is 301 g/mol. The molecule has 0 heterocycles. The van der Waals surface area contributed by atoms with Crippen LogP contribution in [-0.2, 0) is 4.79 Å². The SMILES string of the molecule is Cc1cc(I)ccc1NC(=O)C1CC1. The predicted molar refractivity (Wildman–Crippen MR) is 65.2 cm³/mol. The maximum Gasteiger partial charge on any atom is 0.227 e. The highest BCUT2D eigenvalue weighted by molar-refractivity contribution is 14.1. The van der Waals surface area contributed by atoms with Crippen LogP contribution in [0.2, 0.25) is 0 Å². The third-order valence-corrected chi connectivity index (χ3v) is 3.07. The van der Waals surface area contributed by atoms with Gasteiger partial charge in [0.25, 0.3) is 0 Å². The largest absolute Gasteiger partial charge is 0.326 e. The molecule has 2 nitrogen and oxygen atoms in total. The summed E-state index contributed by atoms with van der Waals surface area (Å²) in [5, 5.41) is 2.96. The van der Waals surface area contributed by atoms with Crippen molar-refractivity contribution in [1.82, 2.24) is 0 Å². The number of aryl methyl sites for hydroxylation is 1. The van der Waals surface area contributed by atoms with Crippen LogP contribution in [0.15, 0.2) is 18.2 Å². The van der Waals surface area contributed by atoms with Gasteiger partial charge in [-0.1, -0.05) is 0 Å². The van der Waals surface area contributed by atoms with Crippen molar-refractivity contribution in [2.75, 3.05) is 5.32 Å². The molecular formula is C11H12INO. The third kappa shape index (κ3) is 2.26. The van der Waals surface area contributed by atoms with E-state index in [9.17, 15) is 4.79 Å². The summed E-state index contributed by atoms with van der Waals surface area (Å²) < 4.78 is 1.20. The van der Waals surface area contributed by atoms with Gasteiger partial charge in [0, 0.05) is 15.2 Å². The zero-order valence-electron chi connectivity index (χ0n) is 8.01. The van der Waals surface area contributed by atoms with Crippen LogP contribution in [0, 0.1) is 16.4 Å². The molecule has 74 valence electrons. The number of hydrogen-bond acceptors (Lipinski definition) is 1. The molecule has 2 rings (SSSR count). The highest BCUT2D eigenvalue weighted by Crippen LogP contribution is 2.30. The maximum absolute atomic E-state index is 11.5. The van der Waals surface area contributed by atoms with Gasteiger partial charge in [-0.2, -0.15) is 0 Å². The summed E-state index contributed by atoms with van der Waals surface area (Å²) in [6.45, 7) is 2.02. The van der Waals surface area contributed by atoms with Crippen LogP contribution < -0.4 is 5.32 Å². The highest BCUT2D eigenvalue weighted by Gasteiger charge is 2.29. The molecule has 1 aliphatic rings. The minimum Gasteiger partial charge on any atom is -0.326 e. The number of carbonyl (C=O) groups excluding carboxylic acids is 1. The number of hydrogen-bond donors (Lipinski definition) is 1. The van der Waals surface area contributed by atoms with Crippen molar-refractivity contribution in [3.8, 4) is 0 Å². The topological polar surface area (TPSA) is 29.1 Å². The Morgan fingerprint density at radius 2 is 2.21 bits per heavy atom. The van der Waals surface area contributed by atoms with Crippen molar-refractivity contribution in [1.29, 1.82) is 0 Å². The van der Waals surface area contributed by atoms with Gasteiger partial charge in [-0.3, -0.25) is 4.79 Å². The van der Waals surface area contributed by atoms with E-state index in [4.69, 9.17) is 0 Å². The Morgan fingerprint density at radius 1 is 1.50 bits per heavy atom. The number of halogens is 1. The van der Waals surface area contributed by atoms with Crippen LogP contribution in [0.25, 0.3) is 0 Å². The second-order valence-corrected chi connectivity index (χ2v) is 4.97. The Hall–Kier alpha value is -0.580. The van der Waals surface area contributed by atoms with Gasteiger partial charge < -0.3 is 5.32 Å². The molecule has 0 radical (unpaired) electrons. The standard InChI is InChI=1S/C11H12INO/c1-7-6-9(12)4-5-10(7)13-11(14)8-2-3-8/h4-6,8H,2-3H2,1H3,(H,13,14). The fraction of sp³-hybridized carbons (Fsp3) is 0.364. The fourth-order valence-electron chi connectivity index (χ4n) is 1.35. The predicted octanol–water partition coefficient (Wildman–Crippen LogP) is 2.95. The number of amides is 1. The van der Waals surface area contributed by atoms with Crippen molar-refractivity contribution in [3.63, 3.8) is 0 Å². The van der Waals surface area contributed by atoms with Crippen molar-refractivity contribution in [3.05, 3.63) is 27.3 Å². The smallest absolute Gasteiger partial charge is 0.227 e. The number of carbonyl (C=O) groups is 1. The molecule has 0 spiro atoms. The molecule has 14 heavy (non-hydrogen) atoms. The van der Waals surface area contributed by atoms with Crippen molar-refractivity contribution < 1.29 is 4.79 Å². The van der Waals surface area contributed by atoms with Crippen molar-refractivity contribution in [2.45, 2.75) is 19.8 Å². The van der Waals surface area contributed by atoms with Gasteiger partial charge in [0.05, 0.1) is 0 Å². The number of nitrogens with one attached hydrogen (secondary N) is 1. The normalized spacial score (nSPS) is 15.3. The number of rotatable bonds is 2. The Labute approximate surface area is 97.2 Å². The minimum atomic E-state index is 0.175. The van der Waals surface area contributed by atoms with E-state index in [0.717, 1.165) is 24.1 Å². The van der Waals surface area contributed by atoms with Gasteiger partial charge in [-0.15, -0.1) is 0 Å². The maximum atomic E-state index is 11.5. The van der Waals surface area contributed by atoms with E-state index in [1.165, 1.54) is 3.57 Å². The summed E-state index contributed by atoms with van der Waals surface area (Å²) >= 11 is 2.27. The first-order valence-electron chi connectivity index (χ1n) is 4.74. The average Bonchev–Trinajstić information content (AvgIpc) is 2.92. The van der Waals surface area contributed by atoms with E-state index in [-0.39, 0.29) is 11.8 Å². The molecule has 1 saturated carbocycles. The van der Waals surface area contributed by atoms with Crippen LogP contribution >= 0.6 is 22.6 Å². The Morgan fingerprint density at radius 3 is 2.79 bits per heavy atom. The van der Waals surface area contributed by atoms with Crippen molar-refractivity contribution in [2.24, 2.45) is 5.92 Å². The van der Waals surface area contributed by atoms with E-state index in [1.807, 2.05) is 19.1 Å². The average molecular weight is 301 g/mol. The summed E-state index contributed by atoms with van der Waals surface area (Å²) in [4.78, 5) is 11.5. The van der Waals surface area contributed by atoms with E-state index < -0.39 is 0 Å². The van der Waals surface area contributed by atoms with Crippen LogP contribution in [0.1, 0.15) is 18.4 Å². The molecule has 0 saturated heterocycles. The summed E-state index contributed by atoms with van der Waals surface area (Å²) in [5.41, 5.74) is 2.08. The number of benzene rings is 1. The zero-order valence-corrected chi connectivity index (χ0v) is 10.2. The first kappa shape index (κ1) is 9.96. The van der Waals surface area contributed by atoms with Gasteiger partial charge >= 0.3 is 0 Å². The molecule has 1 N–H and O–H groups in total. The van der Waals surface area contributed by atoms with Gasteiger partial charge in [-0.05, 0) is 66.1 Å². The lowest BCUT2D eigenvalue weighted by Crippen LogP contribution is -2.14. The molecule has 1 amide bonds. The van der Waals surface area contributed by atoms with Gasteiger partial charge in [0.2, 0.25) is 5.91 Å². The first-order chi connectivity index (χ1) is 6.66. The van der Waals surface area contributed by atoms with Crippen molar-refractivity contribution >= 4 is 34.2 Å². The Kier molecular flexibility index (Phi) is 2.76. The molecule has 1 fully saturated rings. The lowest BCUT2D eigenvalue weighted by molar-refractivity contribution is -0.117. The van der Waals surface area contributed by atoms with Crippen LogP contribution in [0.4, 0.5) is 5.69 Å². The molecule has 1 aromatic carbocycles. The third-order valence-electron chi connectivity index (χ3n) is 2.39. The molecule has 1 aromatic rings. The summed E-state index contributed by atoms with van der Waals surface area (Å²) in [5.74, 6) is 0.447. The fourth-order valence-corrected chi connectivity index (χ4v) is 1.99. The zero-order chi connectivity index (χ0) is 10.1. The van der Waals surface area contributed by atoms with Crippen LogP contribution in [0.5, 0.6) is 0 Å². The van der Waals surface area contributed by atoms with E-state index in [1.54, 1.807) is 0 Å². The molecule has 0 atom stereocenters. The molecule has 0 aromatic heterocycles. The lowest BCUT2D eigenvalue weighted by atomic mass is 10.2. The highest BCUT2D eigenvalue weighted by atomic mass is 127. The first-order valence-corrected chi connectivity index (χ1v) is 5.82. The summed E-state index contributed by atoms with van der Waals surface area (Å²) in [7, 11) is 0. The van der Waals surface area contributed by atoms with Crippen LogP contribution in [0.3, 0.4) is 0 Å².